The Kier molecular flexibility index (Phi) is 6.16. The molecule has 0 saturated heterocycles. The first-order valence-electron chi connectivity index (χ1n) is 6.28. The fraction of sp³-hybridized carbons (Fsp3) is 0.286. The molecular weight excluding hydrogens is 311 g/mol. The summed E-state index contributed by atoms with van der Waals surface area (Å²) in [5.41, 5.74) is 3.74. The second kappa shape index (κ2) is 8.11. The number of carbonyl (C=O) groups excluding carboxylic acids is 1. The first kappa shape index (κ1) is 15.9. The van der Waals surface area contributed by atoms with E-state index in [1.807, 2.05) is 5.38 Å². The summed E-state index contributed by atoms with van der Waals surface area (Å²) in [6.45, 7) is -0.0273. The van der Waals surface area contributed by atoms with Gasteiger partial charge in [-0.05, 0) is 17.7 Å². The summed E-state index contributed by atoms with van der Waals surface area (Å²) in [7, 11) is 0. The maximum absolute atomic E-state index is 13.2. The van der Waals surface area contributed by atoms with Crippen LogP contribution in [0.2, 0.25) is 0 Å². The first-order chi connectivity index (χ1) is 10.2. The number of nitrogens with zero attached hydrogens (tertiary/aromatic N) is 1. The van der Waals surface area contributed by atoms with Crippen LogP contribution in [0.3, 0.4) is 0 Å². The minimum absolute atomic E-state index is 0.0786. The Bertz CT molecular complexity index is 591. The standard InChI is InChI=1S/C14H15FN2O2S2/c15-13-2-1-10(3-11(13)5-18)4-16-14(19)8-20-6-12-7-21-9-17-12/h1-3,7,9,18H,4-6,8H2,(H,16,19). The van der Waals surface area contributed by atoms with Crippen LogP contribution >= 0.6 is 23.1 Å². The van der Waals surface area contributed by atoms with Crippen LogP contribution in [0.4, 0.5) is 4.39 Å². The van der Waals surface area contributed by atoms with E-state index >= 15 is 0 Å². The fourth-order valence-electron chi connectivity index (χ4n) is 1.67. The largest absolute Gasteiger partial charge is 0.392 e. The van der Waals surface area contributed by atoms with Gasteiger partial charge in [0.05, 0.1) is 23.6 Å². The van der Waals surface area contributed by atoms with E-state index in [0.717, 1.165) is 11.3 Å². The minimum Gasteiger partial charge on any atom is -0.392 e. The van der Waals surface area contributed by atoms with Gasteiger partial charge in [0, 0.05) is 23.2 Å². The van der Waals surface area contributed by atoms with E-state index in [4.69, 9.17) is 5.11 Å². The van der Waals surface area contributed by atoms with Crippen molar-refractivity contribution in [3.63, 3.8) is 0 Å². The summed E-state index contributed by atoms with van der Waals surface area (Å²) in [5, 5.41) is 13.7. The smallest absolute Gasteiger partial charge is 0.230 e. The van der Waals surface area contributed by atoms with Crippen molar-refractivity contribution in [2.75, 3.05) is 5.75 Å². The molecule has 0 aliphatic carbocycles. The quantitative estimate of drug-likeness (QED) is 0.820. The zero-order valence-corrected chi connectivity index (χ0v) is 12.8. The molecule has 4 nitrogen and oxygen atoms in total. The zero-order valence-electron chi connectivity index (χ0n) is 11.2. The van der Waals surface area contributed by atoms with Crippen molar-refractivity contribution >= 4 is 29.0 Å². The van der Waals surface area contributed by atoms with Crippen LogP contribution in [0.1, 0.15) is 16.8 Å². The number of thiazole rings is 1. The summed E-state index contributed by atoms with van der Waals surface area (Å²) in [6, 6.07) is 4.44. The number of aromatic nitrogens is 1. The number of halogens is 1. The number of carbonyl (C=O) groups is 1. The van der Waals surface area contributed by atoms with E-state index in [1.165, 1.54) is 29.2 Å². The molecule has 0 spiro atoms. The first-order valence-corrected chi connectivity index (χ1v) is 8.38. The Morgan fingerprint density at radius 3 is 3.05 bits per heavy atom. The van der Waals surface area contributed by atoms with E-state index in [2.05, 4.69) is 10.3 Å². The average Bonchev–Trinajstić information content (AvgIpc) is 2.99. The third-order valence-corrected chi connectivity index (χ3v) is 4.34. The zero-order chi connectivity index (χ0) is 15.1. The van der Waals surface area contributed by atoms with Crippen molar-refractivity contribution in [2.45, 2.75) is 18.9 Å². The highest BCUT2D eigenvalue weighted by molar-refractivity contribution is 7.99. The Hall–Kier alpha value is -1.44. The number of nitrogens with one attached hydrogen (secondary N) is 1. The van der Waals surface area contributed by atoms with Gasteiger partial charge in [-0.15, -0.1) is 23.1 Å². The van der Waals surface area contributed by atoms with Gasteiger partial charge in [0.15, 0.2) is 0 Å². The molecule has 1 aromatic heterocycles. The lowest BCUT2D eigenvalue weighted by Crippen LogP contribution is -2.24. The van der Waals surface area contributed by atoms with Gasteiger partial charge in [0.25, 0.3) is 0 Å². The summed E-state index contributed by atoms with van der Waals surface area (Å²) in [6.07, 6.45) is 0. The van der Waals surface area contributed by atoms with Crippen LogP contribution in [-0.4, -0.2) is 21.8 Å². The Morgan fingerprint density at radius 1 is 1.48 bits per heavy atom. The lowest BCUT2D eigenvalue weighted by Gasteiger charge is -2.07. The lowest BCUT2D eigenvalue weighted by atomic mass is 10.1. The second-order valence-electron chi connectivity index (χ2n) is 4.33. The van der Waals surface area contributed by atoms with Gasteiger partial charge in [-0.1, -0.05) is 6.07 Å². The molecule has 21 heavy (non-hydrogen) atoms. The van der Waals surface area contributed by atoms with E-state index < -0.39 is 5.82 Å². The predicted molar refractivity (Wildman–Crippen MR) is 82.4 cm³/mol. The SMILES string of the molecule is O=C(CSCc1cscn1)NCc1ccc(F)c(CO)c1. The third-order valence-electron chi connectivity index (χ3n) is 2.74. The van der Waals surface area contributed by atoms with Crippen molar-refractivity contribution in [3.8, 4) is 0 Å². The molecule has 1 aromatic carbocycles. The van der Waals surface area contributed by atoms with Gasteiger partial charge < -0.3 is 10.4 Å². The van der Waals surface area contributed by atoms with Crippen molar-refractivity contribution in [1.82, 2.24) is 10.3 Å². The number of aliphatic hydroxyl groups is 1. The second-order valence-corrected chi connectivity index (χ2v) is 6.04. The van der Waals surface area contributed by atoms with Crippen molar-refractivity contribution in [1.29, 1.82) is 0 Å². The van der Waals surface area contributed by atoms with Crippen LogP contribution in [0.5, 0.6) is 0 Å². The van der Waals surface area contributed by atoms with Gasteiger partial charge in [-0.2, -0.15) is 0 Å². The molecule has 0 unspecified atom stereocenters. The van der Waals surface area contributed by atoms with Gasteiger partial charge >= 0.3 is 0 Å². The number of thioether (sulfide) groups is 1. The minimum atomic E-state index is -0.439. The molecule has 1 amide bonds. The molecule has 1 heterocycles. The molecule has 112 valence electrons. The van der Waals surface area contributed by atoms with Crippen molar-refractivity contribution in [2.24, 2.45) is 0 Å². The highest BCUT2D eigenvalue weighted by atomic mass is 32.2. The van der Waals surface area contributed by atoms with Crippen LogP contribution in [0, 0.1) is 5.82 Å². The van der Waals surface area contributed by atoms with Gasteiger partial charge in [0.1, 0.15) is 5.82 Å². The number of amides is 1. The van der Waals surface area contributed by atoms with Crippen LogP contribution < -0.4 is 5.32 Å². The lowest BCUT2D eigenvalue weighted by molar-refractivity contribution is -0.118. The van der Waals surface area contributed by atoms with E-state index in [1.54, 1.807) is 17.6 Å². The fourth-order valence-corrected chi connectivity index (χ4v) is 3.09. The number of rotatable bonds is 7. The maximum atomic E-state index is 13.2. The van der Waals surface area contributed by atoms with Crippen molar-refractivity contribution in [3.05, 3.63) is 51.7 Å². The highest BCUT2D eigenvalue weighted by Crippen LogP contribution is 2.12. The van der Waals surface area contributed by atoms with E-state index in [-0.39, 0.29) is 18.1 Å². The molecule has 2 N–H and O–H groups in total. The Balaban J connectivity index is 1.73. The van der Waals surface area contributed by atoms with Crippen LogP contribution in [0.15, 0.2) is 29.1 Å². The molecular formula is C14H15FN2O2S2. The third kappa shape index (κ3) is 5.11. The topological polar surface area (TPSA) is 62.2 Å². The molecule has 7 heteroatoms. The molecule has 0 aliphatic rings. The average molecular weight is 326 g/mol. The van der Waals surface area contributed by atoms with E-state index in [9.17, 15) is 9.18 Å². The van der Waals surface area contributed by atoms with Gasteiger partial charge in [-0.3, -0.25) is 4.79 Å². The highest BCUT2D eigenvalue weighted by Gasteiger charge is 2.05. The number of aliphatic hydroxyl groups excluding tert-OH is 1. The normalized spacial score (nSPS) is 10.6. The van der Waals surface area contributed by atoms with Crippen LogP contribution in [-0.2, 0) is 23.7 Å². The molecule has 0 fully saturated rings. The monoisotopic (exact) mass is 326 g/mol. The molecule has 0 saturated carbocycles. The molecule has 0 radical (unpaired) electrons. The maximum Gasteiger partial charge on any atom is 0.230 e. The Morgan fingerprint density at radius 2 is 2.33 bits per heavy atom. The summed E-state index contributed by atoms with van der Waals surface area (Å²) in [4.78, 5) is 15.8. The number of hydrogen-bond acceptors (Lipinski definition) is 5. The van der Waals surface area contributed by atoms with Gasteiger partial charge in [-0.25, -0.2) is 9.37 Å². The predicted octanol–water partition coefficient (Wildman–Crippen LogP) is 2.32. The molecule has 0 atom stereocenters. The molecule has 2 aromatic rings. The molecule has 2 rings (SSSR count). The molecule has 0 aliphatic heterocycles. The number of hydrogen-bond donors (Lipinski definition) is 2. The summed E-state index contributed by atoms with van der Waals surface area (Å²) >= 11 is 3.03. The summed E-state index contributed by atoms with van der Waals surface area (Å²) < 4.78 is 13.2. The van der Waals surface area contributed by atoms with Crippen LogP contribution in [0.25, 0.3) is 0 Å². The van der Waals surface area contributed by atoms with Crippen molar-refractivity contribution < 1.29 is 14.3 Å². The summed E-state index contributed by atoms with van der Waals surface area (Å²) in [5.74, 6) is 0.546. The molecule has 0 bridgehead atoms. The number of benzene rings is 1. The van der Waals surface area contributed by atoms with E-state index in [0.29, 0.717) is 18.1 Å². The van der Waals surface area contributed by atoms with Gasteiger partial charge in [0.2, 0.25) is 5.91 Å². The Labute approximate surface area is 130 Å².